The van der Waals surface area contributed by atoms with Crippen LogP contribution >= 0.6 is 11.3 Å². The van der Waals surface area contributed by atoms with Crippen molar-refractivity contribution in [3.63, 3.8) is 0 Å². The van der Waals surface area contributed by atoms with Gasteiger partial charge in [-0.3, -0.25) is 4.79 Å². The molecule has 1 aromatic heterocycles. The number of piperazine rings is 1. The second-order valence-corrected chi connectivity index (χ2v) is 8.60. The molecule has 0 radical (unpaired) electrons. The number of benzene rings is 1. The minimum Gasteiger partial charge on any atom is -0.478 e. The number of nitrogens with zero attached hydrogens (tertiary/aromatic N) is 2. The third kappa shape index (κ3) is 3.58. The van der Waals surface area contributed by atoms with Crippen LogP contribution in [-0.2, 0) is 10.0 Å². The van der Waals surface area contributed by atoms with Gasteiger partial charge < -0.3 is 10.0 Å². The third-order valence-electron chi connectivity index (χ3n) is 3.96. The van der Waals surface area contributed by atoms with Crippen molar-refractivity contribution in [3.05, 3.63) is 52.9 Å². The Morgan fingerprint density at radius 1 is 1.00 bits per heavy atom. The molecule has 2 aromatic rings. The number of sulfonamides is 1. The summed E-state index contributed by atoms with van der Waals surface area (Å²) in [4.78, 5) is 24.9. The van der Waals surface area contributed by atoms with Crippen LogP contribution in [0.3, 0.4) is 0 Å². The average molecular weight is 380 g/mol. The minimum atomic E-state index is -3.74. The lowest BCUT2D eigenvalue weighted by Crippen LogP contribution is -2.50. The van der Waals surface area contributed by atoms with Gasteiger partial charge in [0.15, 0.2) is 0 Å². The number of thiophene rings is 1. The van der Waals surface area contributed by atoms with Crippen LogP contribution in [0.15, 0.2) is 46.0 Å². The SMILES string of the molecule is O=C(O)c1csc(S(=O)(=O)N2CCN(C(=O)c3ccccc3)CC2)c1. The number of hydrogen-bond acceptors (Lipinski definition) is 5. The second-order valence-electron chi connectivity index (χ2n) is 5.52. The molecule has 1 aliphatic heterocycles. The first-order valence-corrected chi connectivity index (χ1v) is 9.88. The van der Waals surface area contributed by atoms with Gasteiger partial charge in [0.25, 0.3) is 15.9 Å². The normalized spacial score (nSPS) is 15.9. The molecule has 25 heavy (non-hydrogen) atoms. The van der Waals surface area contributed by atoms with E-state index in [1.807, 2.05) is 6.07 Å². The van der Waals surface area contributed by atoms with Crippen LogP contribution in [-0.4, -0.2) is 60.8 Å². The summed E-state index contributed by atoms with van der Waals surface area (Å²) in [6, 6.07) is 10.0. The van der Waals surface area contributed by atoms with E-state index in [0.29, 0.717) is 18.7 Å². The predicted octanol–water partition coefficient (Wildman–Crippen LogP) is 1.59. The van der Waals surface area contributed by atoms with E-state index in [2.05, 4.69) is 0 Å². The number of carboxylic acid groups (broad SMARTS) is 1. The highest BCUT2D eigenvalue weighted by atomic mass is 32.2. The van der Waals surface area contributed by atoms with Gasteiger partial charge in [-0.25, -0.2) is 13.2 Å². The number of amides is 1. The Labute approximate surface area is 149 Å². The summed E-state index contributed by atoms with van der Waals surface area (Å²) in [5.74, 6) is -1.28. The van der Waals surface area contributed by atoms with E-state index >= 15 is 0 Å². The van der Waals surface area contributed by atoms with E-state index < -0.39 is 16.0 Å². The number of aromatic carboxylic acids is 1. The summed E-state index contributed by atoms with van der Waals surface area (Å²) in [5.41, 5.74) is 0.532. The van der Waals surface area contributed by atoms with Gasteiger partial charge in [0.2, 0.25) is 0 Å². The highest BCUT2D eigenvalue weighted by Crippen LogP contribution is 2.25. The Hall–Kier alpha value is -2.23. The average Bonchev–Trinajstić information content (AvgIpc) is 3.13. The molecule has 0 spiro atoms. The largest absolute Gasteiger partial charge is 0.478 e. The summed E-state index contributed by atoms with van der Waals surface area (Å²) in [6.07, 6.45) is 0. The molecule has 1 fully saturated rings. The molecule has 3 rings (SSSR count). The number of hydrogen-bond donors (Lipinski definition) is 1. The van der Waals surface area contributed by atoms with Gasteiger partial charge in [-0.1, -0.05) is 18.2 Å². The Bertz CT molecular complexity index is 884. The van der Waals surface area contributed by atoms with Crippen LogP contribution in [0.25, 0.3) is 0 Å². The minimum absolute atomic E-state index is 0.00716. The van der Waals surface area contributed by atoms with Gasteiger partial charge in [-0.2, -0.15) is 4.31 Å². The zero-order chi connectivity index (χ0) is 18.0. The molecule has 0 saturated carbocycles. The molecule has 2 heterocycles. The van der Waals surface area contributed by atoms with E-state index in [-0.39, 0.29) is 28.8 Å². The number of rotatable bonds is 4. The Morgan fingerprint density at radius 3 is 2.20 bits per heavy atom. The van der Waals surface area contributed by atoms with E-state index in [9.17, 15) is 18.0 Å². The van der Waals surface area contributed by atoms with Gasteiger partial charge >= 0.3 is 5.97 Å². The molecule has 0 unspecified atom stereocenters. The fourth-order valence-corrected chi connectivity index (χ4v) is 5.31. The molecule has 1 amide bonds. The molecular formula is C16H16N2O5S2. The highest BCUT2D eigenvalue weighted by molar-refractivity contribution is 7.91. The Balaban J connectivity index is 1.69. The lowest BCUT2D eigenvalue weighted by atomic mass is 10.2. The van der Waals surface area contributed by atoms with Crippen molar-refractivity contribution in [1.82, 2.24) is 9.21 Å². The van der Waals surface area contributed by atoms with Crippen molar-refractivity contribution in [2.24, 2.45) is 0 Å². The van der Waals surface area contributed by atoms with Crippen molar-refractivity contribution in [3.8, 4) is 0 Å². The van der Waals surface area contributed by atoms with Crippen LogP contribution in [0.1, 0.15) is 20.7 Å². The van der Waals surface area contributed by atoms with E-state index in [4.69, 9.17) is 5.11 Å². The molecule has 0 aliphatic carbocycles. The van der Waals surface area contributed by atoms with Gasteiger partial charge in [0.05, 0.1) is 5.56 Å². The summed E-state index contributed by atoms with van der Waals surface area (Å²) in [6.45, 7) is 0.955. The van der Waals surface area contributed by atoms with Crippen molar-refractivity contribution in [1.29, 1.82) is 0 Å². The Morgan fingerprint density at radius 2 is 1.64 bits per heavy atom. The molecular weight excluding hydrogens is 364 g/mol. The highest BCUT2D eigenvalue weighted by Gasteiger charge is 2.31. The number of carbonyl (C=O) groups excluding carboxylic acids is 1. The van der Waals surface area contributed by atoms with Gasteiger partial charge in [-0.15, -0.1) is 11.3 Å². The maximum atomic E-state index is 12.6. The molecule has 0 atom stereocenters. The zero-order valence-corrected chi connectivity index (χ0v) is 14.8. The lowest BCUT2D eigenvalue weighted by Gasteiger charge is -2.33. The van der Waals surface area contributed by atoms with Gasteiger partial charge in [0.1, 0.15) is 4.21 Å². The first-order chi connectivity index (χ1) is 11.9. The van der Waals surface area contributed by atoms with Crippen molar-refractivity contribution >= 4 is 33.2 Å². The molecule has 7 nitrogen and oxygen atoms in total. The van der Waals surface area contributed by atoms with E-state index in [1.165, 1.54) is 15.8 Å². The molecule has 132 valence electrons. The van der Waals surface area contributed by atoms with Crippen molar-refractivity contribution in [2.75, 3.05) is 26.2 Å². The van der Waals surface area contributed by atoms with Crippen molar-refractivity contribution < 1.29 is 23.1 Å². The van der Waals surface area contributed by atoms with E-state index in [0.717, 1.165) is 11.3 Å². The van der Waals surface area contributed by atoms with Crippen molar-refractivity contribution in [2.45, 2.75) is 4.21 Å². The van der Waals surface area contributed by atoms with Crippen LogP contribution in [0.4, 0.5) is 0 Å². The maximum Gasteiger partial charge on any atom is 0.336 e. The monoisotopic (exact) mass is 380 g/mol. The fourth-order valence-electron chi connectivity index (χ4n) is 2.59. The zero-order valence-electron chi connectivity index (χ0n) is 13.2. The summed E-state index contributed by atoms with van der Waals surface area (Å²) < 4.78 is 26.5. The van der Waals surface area contributed by atoms with Crippen LogP contribution < -0.4 is 0 Å². The molecule has 1 N–H and O–H groups in total. The summed E-state index contributed by atoms with van der Waals surface area (Å²) >= 11 is 0.891. The quantitative estimate of drug-likeness (QED) is 0.869. The third-order valence-corrected chi connectivity index (χ3v) is 7.28. The van der Waals surface area contributed by atoms with E-state index in [1.54, 1.807) is 29.2 Å². The standard InChI is InChI=1S/C16H16N2O5S2/c19-15(12-4-2-1-3-5-12)17-6-8-18(9-7-17)25(22,23)14-10-13(11-24-14)16(20)21/h1-5,10-11H,6-9H2,(H,20,21). The van der Waals surface area contributed by atoms with Crippen LogP contribution in [0.2, 0.25) is 0 Å². The summed E-state index contributed by atoms with van der Waals surface area (Å²) in [7, 11) is -3.74. The second kappa shape index (κ2) is 6.95. The first-order valence-electron chi connectivity index (χ1n) is 7.56. The summed E-state index contributed by atoms with van der Waals surface area (Å²) in [5, 5.41) is 10.2. The van der Waals surface area contributed by atoms with Crippen LogP contribution in [0, 0.1) is 0 Å². The Kier molecular flexibility index (Phi) is 4.89. The molecule has 0 bridgehead atoms. The van der Waals surface area contributed by atoms with Crippen LogP contribution in [0.5, 0.6) is 0 Å². The topological polar surface area (TPSA) is 95.0 Å². The molecule has 1 saturated heterocycles. The molecule has 1 aromatic carbocycles. The maximum absolute atomic E-state index is 12.6. The first kappa shape index (κ1) is 17.6. The van der Waals surface area contributed by atoms with Gasteiger partial charge in [-0.05, 0) is 18.2 Å². The van der Waals surface area contributed by atoms with Gasteiger partial charge in [0, 0.05) is 37.1 Å². The molecule has 9 heteroatoms. The predicted molar refractivity (Wildman–Crippen MR) is 92.4 cm³/mol. The lowest BCUT2D eigenvalue weighted by molar-refractivity contribution is 0.0688. The fraction of sp³-hybridized carbons (Fsp3) is 0.250. The number of carbonyl (C=O) groups is 2. The number of carboxylic acids is 1. The smallest absolute Gasteiger partial charge is 0.336 e. The molecule has 1 aliphatic rings.